The van der Waals surface area contributed by atoms with Crippen LogP contribution < -0.4 is 10.1 Å². The SMILES string of the molecule is CCNCc1c(C)nn(-c2ccc(OCC(C)C)cc2)c1C. The summed E-state index contributed by atoms with van der Waals surface area (Å²) >= 11 is 0. The number of benzene rings is 1. The Hall–Kier alpha value is -1.81. The predicted octanol–water partition coefficient (Wildman–Crippen LogP) is 3.63. The minimum atomic E-state index is 0.532. The Bertz CT molecular complexity index is 600. The molecule has 0 unspecified atom stereocenters. The molecule has 0 spiro atoms. The number of nitrogens with one attached hydrogen (secondary N) is 1. The summed E-state index contributed by atoms with van der Waals surface area (Å²) in [7, 11) is 0. The van der Waals surface area contributed by atoms with Crippen LogP contribution in [0, 0.1) is 19.8 Å². The lowest BCUT2D eigenvalue weighted by Gasteiger charge is -2.10. The molecule has 0 amide bonds. The van der Waals surface area contributed by atoms with Crippen molar-refractivity contribution in [2.24, 2.45) is 5.92 Å². The Kier molecular flexibility index (Phi) is 5.61. The molecular weight excluding hydrogens is 274 g/mol. The highest BCUT2D eigenvalue weighted by Crippen LogP contribution is 2.20. The van der Waals surface area contributed by atoms with Crippen molar-refractivity contribution in [3.63, 3.8) is 0 Å². The highest BCUT2D eigenvalue weighted by molar-refractivity contribution is 5.40. The fourth-order valence-electron chi connectivity index (χ4n) is 2.38. The molecule has 1 aromatic heterocycles. The Morgan fingerprint density at radius 2 is 1.86 bits per heavy atom. The molecule has 22 heavy (non-hydrogen) atoms. The fourth-order valence-corrected chi connectivity index (χ4v) is 2.38. The molecule has 0 saturated heterocycles. The first-order valence-corrected chi connectivity index (χ1v) is 8.02. The minimum Gasteiger partial charge on any atom is -0.493 e. The van der Waals surface area contributed by atoms with Gasteiger partial charge in [-0.25, -0.2) is 4.68 Å². The zero-order valence-electron chi connectivity index (χ0n) is 14.3. The Labute approximate surface area is 133 Å². The number of aromatic nitrogens is 2. The van der Waals surface area contributed by atoms with Crippen LogP contribution in [0.25, 0.3) is 5.69 Å². The smallest absolute Gasteiger partial charge is 0.119 e. The molecule has 0 radical (unpaired) electrons. The summed E-state index contributed by atoms with van der Waals surface area (Å²) in [5, 5.41) is 8.05. The lowest BCUT2D eigenvalue weighted by molar-refractivity contribution is 0.271. The number of hydrogen-bond acceptors (Lipinski definition) is 3. The molecule has 1 aromatic carbocycles. The van der Waals surface area contributed by atoms with Gasteiger partial charge in [0.05, 0.1) is 18.0 Å². The standard InChI is InChI=1S/C18H27N3O/c1-6-19-11-18-14(4)20-21(15(18)5)16-7-9-17(10-8-16)22-12-13(2)3/h7-10,13,19H,6,11-12H2,1-5H3. The summed E-state index contributed by atoms with van der Waals surface area (Å²) in [4.78, 5) is 0. The number of nitrogens with zero attached hydrogens (tertiary/aromatic N) is 2. The van der Waals surface area contributed by atoms with Crippen LogP contribution in [-0.2, 0) is 6.54 Å². The average molecular weight is 301 g/mol. The normalized spacial score (nSPS) is 11.2. The van der Waals surface area contributed by atoms with Crippen molar-refractivity contribution in [1.82, 2.24) is 15.1 Å². The predicted molar refractivity (Wildman–Crippen MR) is 90.8 cm³/mol. The Balaban J connectivity index is 2.18. The van der Waals surface area contributed by atoms with Crippen LogP contribution in [0.4, 0.5) is 0 Å². The summed E-state index contributed by atoms with van der Waals surface area (Å²) in [6.45, 7) is 13.2. The summed E-state index contributed by atoms with van der Waals surface area (Å²) in [5.74, 6) is 1.44. The monoisotopic (exact) mass is 301 g/mol. The zero-order valence-corrected chi connectivity index (χ0v) is 14.3. The summed E-state index contributed by atoms with van der Waals surface area (Å²) in [6, 6.07) is 8.15. The van der Waals surface area contributed by atoms with Gasteiger partial charge in [0, 0.05) is 17.8 Å². The molecule has 2 aromatic rings. The molecule has 120 valence electrons. The van der Waals surface area contributed by atoms with E-state index in [0.29, 0.717) is 5.92 Å². The van der Waals surface area contributed by atoms with Crippen molar-refractivity contribution < 1.29 is 4.74 Å². The van der Waals surface area contributed by atoms with Crippen LogP contribution in [0.15, 0.2) is 24.3 Å². The van der Waals surface area contributed by atoms with E-state index in [1.54, 1.807) is 0 Å². The van der Waals surface area contributed by atoms with Crippen LogP contribution in [0.1, 0.15) is 37.7 Å². The van der Waals surface area contributed by atoms with Crippen molar-refractivity contribution in [1.29, 1.82) is 0 Å². The van der Waals surface area contributed by atoms with Crippen LogP contribution in [-0.4, -0.2) is 22.9 Å². The number of aryl methyl sites for hydroxylation is 1. The van der Waals surface area contributed by atoms with Gasteiger partial charge in [0.2, 0.25) is 0 Å². The van der Waals surface area contributed by atoms with E-state index in [9.17, 15) is 0 Å². The van der Waals surface area contributed by atoms with Crippen LogP contribution in [0.5, 0.6) is 5.75 Å². The number of ether oxygens (including phenoxy) is 1. The third-order valence-corrected chi connectivity index (χ3v) is 3.66. The molecule has 0 aliphatic heterocycles. The number of rotatable bonds is 7. The van der Waals surface area contributed by atoms with Crippen molar-refractivity contribution in [2.75, 3.05) is 13.2 Å². The Morgan fingerprint density at radius 1 is 1.18 bits per heavy atom. The molecule has 0 fully saturated rings. The van der Waals surface area contributed by atoms with E-state index in [4.69, 9.17) is 4.74 Å². The third kappa shape index (κ3) is 3.89. The second-order valence-corrected chi connectivity index (χ2v) is 6.04. The largest absolute Gasteiger partial charge is 0.493 e. The first kappa shape index (κ1) is 16.6. The first-order valence-electron chi connectivity index (χ1n) is 8.02. The first-order chi connectivity index (χ1) is 10.5. The third-order valence-electron chi connectivity index (χ3n) is 3.66. The second kappa shape index (κ2) is 7.45. The van der Waals surface area contributed by atoms with Gasteiger partial charge in [-0.05, 0) is 50.6 Å². The van der Waals surface area contributed by atoms with Crippen molar-refractivity contribution in [3.8, 4) is 11.4 Å². The second-order valence-electron chi connectivity index (χ2n) is 6.04. The minimum absolute atomic E-state index is 0.532. The molecular formula is C18H27N3O. The molecule has 4 heteroatoms. The van der Waals surface area contributed by atoms with Gasteiger partial charge in [0.1, 0.15) is 5.75 Å². The summed E-state index contributed by atoms with van der Waals surface area (Å²) in [5.41, 5.74) is 4.62. The van der Waals surface area contributed by atoms with Crippen LogP contribution in [0.2, 0.25) is 0 Å². The molecule has 2 rings (SSSR count). The Morgan fingerprint density at radius 3 is 2.45 bits per heavy atom. The average Bonchev–Trinajstić information content (AvgIpc) is 2.78. The fraction of sp³-hybridized carbons (Fsp3) is 0.500. The summed E-state index contributed by atoms with van der Waals surface area (Å²) in [6.07, 6.45) is 0. The highest BCUT2D eigenvalue weighted by atomic mass is 16.5. The zero-order chi connectivity index (χ0) is 16.1. The lowest BCUT2D eigenvalue weighted by atomic mass is 10.2. The molecule has 4 nitrogen and oxygen atoms in total. The van der Waals surface area contributed by atoms with Crippen LogP contribution >= 0.6 is 0 Å². The van der Waals surface area contributed by atoms with E-state index in [1.165, 1.54) is 11.3 Å². The van der Waals surface area contributed by atoms with Gasteiger partial charge in [-0.15, -0.1) is 0 Å². The van der Waals surface area contributed by atoms with E-state index in [-0.39, 0.29) is 0 Å². The van der Waals surface area contributed by atoms with E-state index >= 15 is 0 Å². The molecule has 0 aliphatic carbocycles. The molecule has 0 bridgehead atoms. The molecule has 1 heterocycles. The van der Waals surface area contributed by atoms with E-state index in [0.717, 1.165) is 36.8 Å². The molecule has 0 aliphatic rings. The highest BCUT2D eigenvalue weighted by Gasteiger charge is 2.12. The molecule has 0 atom stereocenters. The van der Waals surface area contributed by atoms with Gasteiger partial charge in [0.15, 0.2) is 0 Å². The van der Waals surface area contributed by atoms with Crippen molar-refractivity contribution in [3.05, 3.63) is 41.2 Å². The maximum atomic E-state index is 5.73. The van der Waals surface area contributed by atoms with Gasteiger partial charge in [-0.1, -0.05) is 20.8 Å². The van der Waals surface area contributed by atoms with E-state index in [1.807, 2.05) is 16.8 Å². The van der Waals surface area contributed by atoms with Crippen LogP contribution in [0.3, 0.4) is 0 Å². The number of hydrogen-bond donors (Lipinski definition) is 1. The lowest BCUT2D eigenvalue weighted by Crippen LogP contribution is -2.13. The van der Waals surface area contributed by atoms with Gasteiger partial charge in [-0.2, -0.15) is 5.10 Å². The molecule has 0 saturated carbocycles. The van der Waals surface area contributed by atoms with Crippen molar-refractivity contribution >= 4 is 0 Å². The topological polar surface area (TPSA) is 39.1 Å². The molecule has 1 N–H and O–H groups in total. The maximum Gasteiger partial charge on any atom is 0.119 e. The maximum absolute atomic E-state index is 5.73. The summed E-state index contributed by atoms with van der Waals surface area (Å²) < 4.78 is 7.74. The van der Waals surface area contributed by atoms with Gasteiger partial charge in [0.25, 0.3) is 0 Å². The van der Waals surface area contributed by atoms with Gasteiger partial charge >= 0.3 is 0 Å². The van der Waals surface area contributed by atoms with Gasteiger partial charge in [-0.3, -0.25) is 0 Å². The van der Waals surface area contributed by atoms with E-state index in [2.05, 4.69) is 57.2 Å². The van der Waals surface area contributed by atoms with Crippen molar-refractivity contribution in [2.45, 2.75) is 41.2 Å². The quantitative estimate of drug-likeness (QED) is 0.848. The van der Waals surface area contributed by atoms with E-state index < -0.39 is 0 Å². The van der Waals surface area contributed by atoms with Gasteiger partial charge < -0.3 is 10.1 Å².